The third kappa shape index (κ3) is 3.23. The van der Waals surface area contributed by atoms with Crippen LogP contribution in [-0.2, 0) is 9.53 Å². The Kier molecular flexibility index (Phi) is 4.56. The average molecular weight is 241 g/mol. The fraction of sp³-hybridized carbons (Fsp3) is 0.667. The third-order valence-corrected chi connectivity index (χ3v) is 2.50. The molecular formula is C9H15N5O3. The van der Waals surface area contributed by atoms with E-state index in [-0.39, 0.29) is 11.7 Å². The first-order valence-electron chi connectivity index (χ1n) is 5.22. The molecular weight excluding hydrogens is 226 g/mol. The lowest BCUT2D eigenvalue weighted by molar-refractivity contribution is -0.144. The van der Waals surface area contributed by atoms with E-state index in [0.29, 0.717) is 0 Å². The topological polar surface area (TPSA) is 110 Å². The minimum atomic E-state index is -0.712. The van der Waals surface area contributed by atoms with Crippen molar-refractivity contribution in [2.24, 2.45) is 5.92 Å². The molecule has 0 bridgehead atoms. The van der Waals surface area contributed by atoms with E-state index in [2.05, 4.69) is 30.7 Å². The molecule has 0 aliphatic rings. The summed E-state index contributed by atoms with van der Waals surface area (Å²) in [4.78, 5) is 23.2. The van der Waals surface area contributed by atoms with Gasteiger partial charge in [0, 0.05) is 0 Å². The van der Waals surface area contributed by atoms with Crippen molar-refractivity contribution >= 4 is 11.9 Å². The molecule has 0 saturated heterocycles. The number of hydrogen-bond acceptors (Lipinski definition) is 6. The predicted molar refractivity (Wildman–Crippen MR) is 56.9 cm³/mol. The van der Waals surface area contributed by atoms with E-state index >= 15 is 0 Å². The smallest absolute Gasteiger partial charge is 0.328 e. The predicted octanol–water partition coefficient (Wildman–Crippen LogP) is -0.483. The molecule has 0 aliphatic carbocycles. The number of methoxy groups -OCH3 is 1. The van der Waals surface area contributed by atoms with Gasteiger partial charge in [-0.3, -0.25) is 4.79 Å². The molecule has 0 saturated carbocycles. The van der Waals surface area contributed by atoms with Crippen LogP contribution in [0.15, 0.2) is 0 Å². The Morgan fingerprint density at radius 2 is 2.24 bits per heavy atom. The van der Waals surface area contributed by atoms with Crippen molar-refractivity contribution in [2.75, 3.05) is 7.11 Å². The molecule has 2 atom stereocenters. The van der Waals surface area contributed by atoms with Crippen LogP contribution in [0.5, 0.6) is 0 Å². The zero-order valence-electron chi connectivity index (χ0n) is 9.93. The normalized spacial score (nSPS) is 13.8. The number of nitrogens with one attached hydrogen (secondary N) is 2. The summed E-state index contributed by atoms with van der Waals surface area (Å²) < 4.78 is 4.64. The second kappa shape index (κ2) is 5.92. The summed E-state index contributed by atoms with van der Waals surface area (Å²) in [5.41, 5.74) is 0. The Morgan fingerprint density at radius 3 is 2.71 bits per heavy atom. The zero-order chi connectivity index (χ0) is 12.8. The Balaban J connectivity index is 2.73. The summed E-state index contributed by atoms with van der Waals surface area (Å²) in [7, 11) is 1.28. The van der Waals surface area contributed by atoms with E-state index in [1.807, 2.05) is 13.8 Å². The minimum Gasteiger partial charge on any atom is -0.467 e. The van der Waals surface area contributed by atoms with Gasteiger partial charge in [-0.2, -0.15) is 5.21 Å². The van der Waals surface area contributed by atoms with Crippen LogP contribution in [0.2, 0.25) is 0 Å². The molecule has 1 amide bonds. The van der Waals surface area contributed by atoms with E-state index < -0.39 is 17.9 Å². The van der Waals surface area contributed by atoms with Crippen molar-refractivity contribution in [3.05, 3.63) is 5.82 Å². The number of aromatic amines is 1. The molecule has 94 valence electrons. The number of rotatable bonds is 5. The van der Waals surface area contributed by atoms with Crippen LogP contribution < -0.4 is 5.32 Å². The van der Waals surface area contributed by atoms with Crippen molar-refractivity contribution < 1.29 is 14.3 Å². The van der Waals surface area contributed by atoms with Crippen LogP contribution in [-0.4, -0.2) is 45.7 Å². The van der Waals surface area contributed by atoms with Crippen molar-refractivity contribution in [1.82, 2.24) is 25.9 Å². The number of H-pyrrole nitrogens is 1. The molecule has 0 fully saturated rings. The summed E-state index contributed by atoms with van der Waals surface area (Å²) in [6.45, 7) is 3.76. The van der Waals surface area contributed by atoms with Gasteiger partial charge in [-0.15, -0.1) is 10.2 Å². The van der Waals surface area contributed by atoms with E-state index in [1.165, 1.54) is 7.11 Å². The lowest BCUT2D eigenvalue weighted by Crippen LogP contribution is -2.46. The lowest BCUT2D eigenvalue weighted by Gasteiger charge is -2.20. The molecule has 8 nitrogen and oxygen atoms in total. The van der Waals surface area contributed by atoms with E-state index in [4.69, 9.17) is 0 Å². The van der Waals surface area contributed by atoms with Gasteiger partial charge in [-0.05, 0) is 11.1 Å². The van der Waals surface area contributed by atoms with Crippen molar-refractivity contribution in [2.45, 2.75) is 26.3 Å². The molecule has 17 heavy (non-hydrogen) atoms. The van der Waals surface area contributed by atoms with Gasteiger partial charge >= 0.3 is 5.97 Å². The van der Waals surface area contributed by atoms with Crippen LogP contribution in [0.1, 0.15) is 30.9 Å². The quantitative estimate of drug-likeness (QED) is 0.673. The molecule has 1 heterocycles. The van der Waals surface area contributed by atoms with Gasteiger partial charge in [0.15, 0.2) is 0 Å². The fourth-order valence-corrected chi connectivity index (χ4v) is 1.26. The van der Waals surface area contributed by atoms with Crippen LogP contribution in [0.3, 0.4) is 0 Å². The molecule has 1 aromatic heterocycles. The number of tetrazole rings is 1. The SMILES string of the molecule is CCC(C)C(NC(=O)c1nn[nH]n1)C(=O)OC. The van der Waals surface area contributed by atoms with Gasteiger partial charge in [0.25, 0.3) is 11.7 Å². The number of aromatic nitrogens is 4. The molecule has 1 rings (SSSR count). The second-order valence-electron chi connectivity index (χ2n) is 3.60. The molecule has 0 aromatic carbocycles. The van der Waals surface area contributed by atoms with Crippen molar-refractivity contribution in [3.63, 3.8) is 0 Å². The Hall–Kier alpha value is -1.99. The van der Waals surface area contributed by atoms with Gasteiger partial charge in [-0.1, -0.05) is 20.3 Å². The van der Waals surface area contributed by atoms with Crippen molar-refractivity contribution in [3.8, 4) is 0 Å². The minimum absolute atomic E-state index is 0.0432. The third-order valence-electron chi connectivity index (χ3n) is 2.50. The summed E-state index contributed by atoms with van der Waals surface area (Å²) in [5.74, 6) is -1.20. The van der Waals surface area contributed by atoms with Crippen molar-refractivity contribution in [1.29, 1.82) is 0 Å². The molecule has 2 unspecified atom stereocenters. The number of nitrogens with zero attached hydrogens (tertiary/aromatic N) is 3. The van der Waals surface area contributed by atoms with E-state index in [1.54, 1.807) is 0 Å². The van der Waals surface area contributed by atoms with Crippen LogP contribution >= 0.6 is 0 Å². The zero-order valence-corrected chi connectivity index (χ0v) is 9.93. The number of esters is 1. The number of hydrogen-bond donors (Lipinski definition) is 2. The molecule has 2 N–H and O–H groups in total. The molecule has 0 radical (unpaired) electrons. The lowest BCUT2D eigenvalue weighted by atomic mass is 9.99. The monoisotopic (exact) mass is 241 g/mol. The van der Waals surface area contributed by atoms with Crippen LogP contribution in [0.25, 0.3) is 0 Å². The highest BCUT2D eigenvalue weighted by Crippen LogP contribution is 2.09. The molecule has 8 heteroatoms. The highest BCUT2D eigenvalue weighted by atomic mass is 16.5. The maximum atomic E-state index is 11.7. The van der Waals surface area contributed by atoms with E-state index in [0.717, 1.165) is 6.42 Å². The molecule has 0 spiro atoms. The van der Waals surface area contributed by atoms with Gasteiger partial charge in [0.2, 0.25) is 0 Å². The van der Waals surface area contributed by atoms with Gasteiger partial charge in [-0.25, -0.2) is 4.79 Å². The highest BCUT2D eigenvalue weighted by Gasteiger charge is 2.28. The second-order valence-corrected chi connectivity index (χ2v) is 3.60. The summed E-state index contributed by atoms with van der Waals surface area (Å²) in [6, 6.07) is -0.712. The Labute approximate surface area is 98.1 Å². The molecule has 0 aliphatic heterocycles. The largest absolute Gasteiger partial charge is 0.467 e. The summed E-state index contributed by atoms with van der Waals surface area (Å²) >= 11 is 0. The standard InChI is InChI=1S/C9H15N5O3/c1-4-5(2)6(9(16)17-3)10-8(15)7-11-13-14-12-7/h5-6H,4H2,1-3H3,(H,10,15)(H,11,12,13,14). The highest BCUT2D eigenvalue weighted by molar-refractivity contribution is 5.93. The van der Waals surface area contributed by atoms with Gasteiger partial charge < -0.3 is 10.1 Å². The number of amides is 1. The Bertz CT molecular complexity index is 378. The number of carbonyl (C=O) groups is 2. The van der Waals surface area contributed by atoms with E-state index in [9.17, 15) is 9.59 Å². The van der Waals surface area contributed by atoms with Gasteiger partial charge in [0.1, 0.15) is 6.04 Å². The van der Waals surface area contributed by atoms with Crippen LogP contribution in [0.4, 0.5) is 0 Å². The Morgan fingerprint density at radius 1 is 1.53 bits per heavy atom. The van der Waals surface area contributed by atoms with Gasteiger partial charge in [0.05, 0.1) is 7.11 Å². The fourth-order valence-electron chi connectivity index (χ4n) is 1.26. The first-order chi connectivity index (χ1) is 8.10. The number of carbonyl (C=O) groups excluding carboxylic acids is 2. The maximum Gasteiger partial charge on any atom is 0.328 e. The van der Waals surface area contributed by atoms with Crippen LogP contribution in [0, 0.1) is 5.92 Å². The first kappa shape index (κ1) is 13.1. The molecule has 1 aromatic rings. The number of ether oxygens (including phenoxy) is 1. The first-order valence-corrected chi connectivity index (χ1v) is 5.22. The summed E-state index contributed by atoms with van der Waals surface area (Å²) in [5, 5.41) is 15.0. The summed E-state index contributed by atoms with van der Waals surface area (Å²) in [6.07, 6.45) is 0.728. The maximum absolute atomic E-state index is 11.7. The average Bonchev–Trinajstić information content (AvgIpc) is 2.87.